The van der Waals surface area contributed by atoms with Crippen LogP contribution < -0.4 is 5.56 Å². The van der Waals surface area contributed by atoms with Crippen LogP contribution >= 0.6 is 23.1 Å². The fourth-order valence-corrected chi connectivity index (χ4v) is 4.31. The summed E-state index contributed by atoms with van der Waals surface area (Å²) in [5, 5.41) is 2.21. The molecule has 0 saturated heterocycles. The van der Waals surface area contributed by atoms with E-state index >= 15 is 0 Å². The lowest BCUT2D eigenvalue weighted by molar-refractivity contribution is 0.102. The Kier molecular flexibility index (Phi) is 4.87. The van der Waals surface area contributed by atoms with Crippen LogP contribution in [0.15, 0.2) is 76.0 Å². The van der Waals surface area contributed by atoms with Gasteiger partial charge in [-0.15, -0.1) is 11.3 Å². The third-order valence-electron chi connectivity index (χ3n) is 3.96. The summed E-state index contributed by atoms with van der Waals surface area (Å²) in [5.41, 5.74) is 1.49. The van der Waals surface area contributed by atoms with Crippen molar-refractivity contribution in [1.29, 1.82) is 0 Å². The van der Waals surface area contributed by atoms with E-state index in [2.05, 4.69) is 4.98 Å². The molecule has 0 spiro atoms. The summed E-state index contributed by atoms with van der Waals surface area (Å²) in [6, 6.07) is 16.4. The number of aromatic nitrogens is 2. The van der Waals surface area contributed by atoms with Gasteiger partial charge in [0.25, 0.3) is 5.56 Å². The number of Topliss-reactive ketones (excluding diaryl/α,β-unsaturated/α-hetero) is 1. The molecule has 2 heterocycles. The topological polar surface area (TPSA) is 52.0 Å². The number of fused-ring (bicyclic) bond motifs is 1. The first-order chi connectivity index (χ1) is 13.1. The fraction of sp³-hybridized carbons (Fsp3) is 0.0500. The molecule has 27 heavy (non-hydrogen) atoms. The molecule has 0 N–H and O–H groups in total. The maximum atomic E-state index is 13.3. The van der Waals surface area contributed by atoms with E-state index in [1.165, 1.54) is 51.9 Å². The van der Waals surface area contributed by atoms with E-state index in [9.17, 15) is 14.0 Å². The summed E-state index contributed by atoms with van der Waals surface area (Å²) < 4.78 is 15.3. The van der Waals surface area contributed by atoms with Crippen molar-refractivity contribution >= 4 is 39.1 Å². The van der Waals surface area contributed by atoms with E-state index in [4.69, 9.17) is 0 Å². The number of carbonyl (C=O) groups is 1. The molecule has 0 aliphatic heterocycles. The number of thiophene rings is 1. The fourth-order valence-electron chi connectivity index (χ4n) is 2.64. The predicted molar refractivity (Wildman–Crippen MR) is 107 cm³/mol. The summed E-state index contributed by atoms with van der Waals surface area (Å²) in [6.45, 7) is 0. The Morgan fingerprint density at radius 1 is 1.07 bits per heavy atom. The minimum atomic E-state index is -0.384. The van der Waals surface area contributed by atoms with Crippen LogP contribution in [0.3, 0.4) is 0 Å². The molecule has 0 aliphatic carbocycles. The average molecular weight is 396 g/mol. The van der Waals surface area contributed by atoms with Gasteiger partial charge < -0.3 is 0 Å². The lowest BCUT2D eigenvalue weighted by Gasteiger charge is -2.12. The van der Waals surface area contributed by atoms with Crippen molar-refractivity contribution in [2.24, 2.45) is 0 Å². The van der Waals surface area contributed by atoms with Gasteiger partial charge >= 0.3 is 0 Å². The molecule has 0 saturated carbocycles. The van der Waals surface area contributed by atoms with Crippen molar-refractivity contribution in [2.45, 2.75) is 5.16 Å². The van der Waals surface area contributed by atoms with Crippen LogP contribution in [0.1, 0.15) is 10.4 Å². The van der Waals surface area contributed by atoms with Crippen LogP contribution in [0.4, 0.5) is 4.39 Å². The highest BCUT2D eigenvalue weighted by molar-refractivity contribution is 7.99. The summed E-state index contributed by atoms with van der Waals surface area (Å²) in [4.78, 5) is 29.9. The van der Waals surface area contributed by atoms with E-state index in [-0.39, 0.29) is 22.9 Å². The van der Waals surface area contributed by atoms with Gasteiger partial charge in [0, 0.05) is 5.56 Å². The van der Waals surface area contributed by atoms with Crippen LogP contribution in [0.2, 0.25) is 0 Å². The molecule has 0 amide bonds. The van der Waals surface area contributed by atoms with Gasteiger partial charge in [-0.2, -0.15) is 0 Å². The van der Waals surface area contributed by atoms with Crippen LogP contribution in [0, 0.1) is 5.82 Å². The Balaban J connectivity index is 1.74. The second-order valence-corrected chi connectivity index (χ2v) is 7.58. The molecular formula is C20H13FN2O2S2. The minimum Gasteiger partial charge on any atom is -0.293 e. The van der Waals surface area contributed by atoms with E-state index < -0.39 is 0 Å². The van der Waals surface area contributed by atoms with Crippen LogP contribution in [0.5, 0.6) is 0 Å². The van der Waals surface area contributed by atoms with E-state index in [1.54, 1.807) is 23.6 Å². The van der Waals surface area contributed by atoms with Crippen LogP contribution in [-0.4, -0.2) is 21.1 Å². The number of nitrogens with zero attached hydrogens (tertiary/aromatic N) is 2. The molecule has 2 aromatic heterocycles. The van der Waals surface area contributed by atoms with Crippen molar-refractivity contribution in [1.82, 2.24) is 9.55 Å². The standard InChI is InChI=1S/C20H13FN2O2S2/c21-14-6-8-15(9-7-14)23-19(25)18-16(10-11-26-18)22-20(23)27-12-17(24)13-4-2-1-3-5-13/h1-11H,12H2. The maximum absolute atomic E-state index is 13.3. The van der Waals surface area contributed by atoms with Gasteiger partial charge in [-0.05, 0) is 35.7 Å². The zero-order valence-electron chi connectivity index (χ0n) is 14.0. The first kappa shape index (κ1) is 17.6. The van der Waals surface area contributed by atoms with Crippen molar-refractivity contribution in [3.05, 3.63) is 87.8 Å². The summed E-state index contributed by atoms with van der Waals surface area (Å²) in [7, 11) is 0. The molecule has 0 bridgehead atoms. The van der Waals surface area contributed by atoms with E-state index in [1.807, 2.05) is 18.2 Å². The lowest BCUT2D eigenvalue weighted by Crippen LogP contribution is -2.21. The zero-order valence-corrected chi connectivity index (χ0v) is 15.6. The second kappa shape index (κ2) is 7.46. The number of rotatable bonds is 5. The van der Waals surface area contributed by atoms with Crippen molar-refractivity contribution < 1.29 is 9.18 Å². The smallest absolute Gasteiger partial charge is 0.276 e. The van der Waals surface area contributed by atoms with Gasteiger partial charge in [0.1, 0.15) is 10.5 Å². The number of benzene rings is 2. The van der Waals surface area contributed by atoms with Gasteiger partial charge in [0.05, 0.1) is 17.0 Å². The van der Waals surface area contributed by atoms with Gasteiger partial charge in [-0.3, -0.25) is 14.2 Å². The Labute approximate surface area is 162 Å². The quantitative estimate of drug-likeness (QED) is 0.282. The van der Waals surface area contributed by atoms with E-state index in [0.717, 1.165) is 0 Å². The first-order valence-corrected chi connectivity index (χ1v) is 9.97. The molecule has 0 unspecified atom stereocenters. The second-order valence-electron chi connectivity index (χ2n) is 5.72. The Morgan fingerprint density at radius 2 is 1.81 bits per heavy atom. The van der Waals surface area contributed by atoms with Crippen molar-refractivity contribution in [3.8, 4) is 5.69 Å². The summed E-state index contributed by atoms with van der Waals surface area (Å²) in [5.74, 6) is -0.288. The number of halogens is 1. The number of hydrogen-bond acceptors (Lipinski definition) is 5. The normalized spacial score (nSPS) is 11.0. The molecular weight excluding hydrogens is 383 g/mol. The third-order valence-corrected chi connectivity index (χ3v) is 5.79. The molecule has 4 aromatic rings. The average Bonchev–Trinajstić information content (AvgIpc) is 3.17. The molecule has 0 fully saturated rings. The van der Waals surface area contributed by atoms with Crippen LogP contribution in [-0.2, 0) is 0 Å². The predicted octanol–water partition coefficient (Wildman–Crippen LogP) is 4.56. The first-order valence-electron chi connectivity index (χ1n) is 8.11. The summed E-state index contributed by atoms with van der Waals surface area (Å²) >= 11 is 2.50. The minimum absolute atomic E-state index is 0.0501. The molecule has 134 valence electrons. The maximum Gasteiger partial charge on any atom is 0.276 e. The summed E-state index contributed by atoms with van der Waals surface area (Å²) in [6.07, 6.45) is 0. The Hall–Kier alpha value is -2.77. The van der Waals surface area contributed by atoms with Gasteiger partial charge in [-0.1, -0.05) is 42.1 Å². The Morgan fingerprint density at radius 3 is 2.56 bits per heavy atom. The van der Waals surface area contributed by atoms with Crippen molar-refractivity contribution in [3.63, 3.8) is 0 Å². The lowest BCUT2D eigenvalue weighted by atomic mass is 10.2. The van der Waals surface area contributed by atoms with E-state index in [0.29, 0.717) is 26.6 Å². The molecule has 2 aromatic carbocycles. The molecule has 0 radical (unpaired) electrons. The Bertz CT molecular complexity index is 1170. The molecule has 7 heteroatoms. The van der Waals surface area contributed by atoms with Crippen molar-refractivity contribution in [2.75, 3.05) is 5.75 Å². The molecule has 0 aliphatic rings. The number of ketones is 1. The zero-order chi connectivity index (χ0) is 18.8. The highest BCUT2D eigenvalue weighted by Crippen LogP contribution is 2.24. The highest BCUT2D eigenvalue weighted by atomic mass is 32.2. The number of carbonyl (C=O) groups excluding carboxylic acids is 1. The van der Waals surface area contributed by atoms with Crippen LogP contribution in [0.25, 0.3) is 15.9 Å². The number of hydrogen-bond donors (Lipinski definition) is 0. The largest absolute Gasteiger partial charge is 0.293 e. The monoisotopic (exact) mass is 396 g/mol. The van der Waals surface area contributed by atoms with Gasteiger partial charge in [0.15, 0.2) is 10.9 Å². The third kappa shape index (κ3) is 3.56. The molecule has 0 atom stereocenters. The SMILES string of the molecule is O=C(CSc1nc2ccsc2c(=O)n1-c1ccc(F)cc1)c1ccccc1. The molecule has 4 nitrogen and oxygen atoms in total. The molecule has 4 rings (SSSR count). The van der Waals surface area contributed by atoms with Gasteiger partial charge in [0.2, 0.25) is 0 Å². The number of thioether (sulfide) groups is 1. The van der Waals surface area contributed by atoms with Gasteiger partial charge in [-0.25, -0.2) is 9.37 Å². The highest BCUT2D eigenvalue weighted by Gasteiger charge is 2.16.